The van der Waals surface area contributed by atoms with Gasteiger partial charge in [-0.1, -0.05) is 20.8 Å². The van der Waals surface area contributed by atoms with Crippen LogP contribution in [-0.2, 0) is 0 Å². The summed E-state index contributed by atoms with van der Waals surface area (Å²) in [6.07, 6.45) is -2.77. The highest BCUT2D eigenvalue weighted by Crippen LogP contribution is 2.47. The van der Waals surface area contributed by atoms with Crippen molar-refractivity contribution in [2.75, 3.05) is 26.2 Å². The molecule has 0 amide bonds. The molecule has 1 heterocycles. The lowest BCUT2D eigenvalue weighted by atomic mass is 9.61. The quantitative estimate of drug-likeness (QED) is 0.690. The molecule has 0 N–H and O–H groups in total. The van der Waals surface area contributed by atoms with Crippen molar-refractivity contribution in [3.05, 3.63) is 11.4 Å². The second-order valence-corrected chi connectivity index (χ2v) is 6.24. The third-order valence-corrected chi connectivity index (χ3v) is 4.19. The lowest BCUT2D eigenvalue weighted by Crippen LogP contribution is -2.50. The van der Waals surface area contributed by atoms with Gasteiger partial charge in [-0.15, -0.1) is 0 Å². The van der Waals surface area contributed by atoms with Crippen molar-refractivity contribution >= 4 is 0 Å². The molecule has 5 heteroatoms. The Labute approximate surface area is 107 Å². The van der Waals surface area contributed by atoms with E-state index < -0.39 is 12.7 Å². The van der Waals surface area contributed by atoms with E-state index in [2.05, 4.69) is 25.6 Å². The Morgan fingerprint density at radius 3 is 2.00 bits per heavy atom. The monoisotopic (exact) mass is 262 g/mol. The fourth-order valence-corrected chi connectivity index (χ4v) is 2.69. The van der Waals surface area contributed by atoms with Crippen LogP contribution in [0.1, 0.15) is 33.6 Å². The van der Waals surface area contributed by atoms with Crippen LogP contribution in [0.2, 0.25) is 0 Å². The summed E-state index contributed by atoms with van der Waals surface area (Å²) in [5, 5.41) is 0. The topological polar surface area (TPSA) is 7.60 Å². The summed E-state index contributed by atoms with van der Waals surface area (Å²) in [5.41, 5.74) is -0.182. The zero-order valence-corrected chi connectivity index (χ0v) is 11.3. The molecule has 2 nitrogen and oxygen atoms in total. The third kappa shape index (κ3) is 3.61. The average molecular weight is 262 g/mol. The molecule has 0 unspecified atom stereocenters. The van der Waals surface area contributed by atoms with E-state index in [0.717, 1.165) is 0 Å². The van der Waals surface area contributed by atoms with Gasteiger partial charge in [-0.05, 0) is 31.3 Å². The fourth-order valence-electron chi connectivity index (χ4n) is 2.69. The van der Waals surface area contributed by atoms with Crippen LogP contribution in [0.4, 0.5) is 13.2 Å². The Morgan fingerprint density at radius 1 is 1.17 bits per heavy atom. The number of hydrogen-bond acceptors (Lipinski definition) is 1. The molecule has 0 aromatic heterocycles. The lowest BCUT2D eigenvalue weighted by molar-refractivity contribution is -0.152. The summed E-state index contributed by atoms with van der Waals surface area (Å²) in [5.74, 6) is 0. The second kappa shape index (κ2) is 5.08. The molecule has 0 spiro atoms. The summed E-state index contributed by atoms with van der Waals surface area (Å²) in [6.45, 7) is 13.8. The van der Waals surface area contributed by atoms with Crippen molar-refractivity contribution in [2.24, 2.45) is 10.8 Å². The van der Waals surface area contributed by atoms with Crippen LogP contribution in [0.25, 0.3) is 4.85 Å². The summed E-state index contributed by atoms with van der Waals surface area (Å²) in [7, 11) is 0. The lowest BCUT2D eigenvalue weighted by Gasteiger charge is -2.46. The second-order valence-electron chi connectivity index (χ2n) is 6.24. The predicted octanol–water partition coefficient (Wildman–Crippen LogP) is 3.60. The Morgan fingerprint density at radius 2 is 1.67 bits per heavy atom. The molecule has 0 saturated carbocycles. The number of nitrogens with zero attached hydrogens (tertiary/aromatic N) is 2. The third-order valence-electron chi connectivity index (χ3n) is 4.19. The molecule has 0 aliphatic carbocycles. The molecule has 1 aliphatic rings. The first kappa shape index (κ1) is 15.3. The first-order valence-corrected chi connectivity index (χ1v) is 6.22. The van der Waals surface area contributed by atoms with E-state index in [0.29, 0.717) is 32.5 Å². The minimum absolute atomic E-state index is 0.0398. The van der Waals surface area contributed by atoms with Gasteiger partial charge >= 0.3 is 6.18 Å². The molecule has 1 aliphatic heterocycles. The van der Waals surface area contributed by atoms with Gasteiger partial charge in [0.1, 0.15) is 0 Å². The fraction of sp³-hybridized carbons (Fsp3) is 0.923. The maximum atomic E-state index is 12.3. The Bertz CT molecular complexity index is 315. The van der Waals surface area contributed by atoms with E-state index in [1.54, 1.807) is 0 Å². The number of rotatable bonds is 2. The van der Waals surface area contributed by atoms with Crippen molar-refractivity contribution in [3.8, 4) is 0 Å². The van der Waals surface area contributed by atoms with Crippen LogP contribution in [0.3, 0.4) is 0 Å². The SMILES string of the molecule is [C-]#[N+]CC1(C(C)(C)C)CCN(CC(F)(F)F)CC1. The molecule has 1 fully saturated rings. The van der Waals surface area contributed by atoms with Gasteiger partial charge in [0.2, 0.25) is 6.54 Å². The van der Waals surface area contributed by atoms with Crippen molar-refractivity contribution in [2.45, 2.75) is 39.8 Å². The first-order chi connectivity index (χ1) is 8.10. The molecular weight excluding hydrogens is 241 g/mol. The van der Waals surface area contributed by atoms with Gasteiger partial charge in [0, 0.05) is 5.41 Å². The van der Waals surface area contributed by atoms with Gasteiger partial charge in [-0.3, -0.25) is 4.90 Å². The number of hydrogen-bond donors (Lipinski definition) is 0. The van der Waals surface area contributed by atoms with Gasteiger partial charge in [0.25, 0.3) is 0 Å². The van der Waals surface area contributed by atoms with Crippen molar-refractivity contribution in [1.29, 1.82) is 0 Å². The summed E-state index contributed by atoms with van der Waals surface area (Å²) in [4.78, 5) is 4.96. The predicted molar refractivity (Wildman–Crippen MR) is 65.1 cm³/mol. The van der Waals surface area contributed by atoms with Crippen molar-refractivity contribution < 1.29 is 13.2 Å². The van der Waals surface area contributed by atoms with Crippen molar-refractivity contribution in [1.82, 2.24) is 4.90 Å². The van der Waals surface area contributed by atoms with E-state index in [1.165, 1.54) is 4.90 Å². The average Bonchev–Trinajstić information content (AvgIpc) is 2.17. The number of halogens is 3. The molecule has 1 rings (SSSR count). The molecular formula is C13H21F3N2. The summed E-state index contributed by atoms with van der Waals surface area (Å²) >= 11 is 0. The normalized spacial score (nSPS) is 21.6. The van der Waals surface area contributed by atoms with E-state index in [-0.39, 0.29) is 10.8 Å². The molecule has 104 valence electrons. The maximum Gasteiger partial charge on any atom is 0.401 e. The molecule has 0 atom stereocenters. The van der Waals surface area contributed by atoms with Crippen LogP contribution in [-0.4, -0.2) is 37.3 Å². The Balaban J connectivity index is 2.68. The van der Waals surface area contributed by atoms with Crippen molar-refractivity contribution in [3.63, 3.8) is 0 Å². The van der Waals surface area contributed by atoms with Gasteiger partial charge in [0.05, 0.1) is 6.54 Å². The number of alkyl halides is 3. The van der Waals surface area contributed by atoms with Crippen LogP contribution >= 0.6 is 0 Å². The molecule has 0 radical (unpaired) electrons. The van der Waals surface area contributed by atoms with E-state index in [4.69, 9.17) is 6.57 Å². The Kier molecular flexibility index (Phi) is 4.32. The molecule has 1 saturated heterocycles. The van der Waals surface area contributed by atoms with Gasteiger partial charge in [-0.2, -0.15) is 13.2 Å². The van der Waals surface area contributed by atoms with Crippen LogP contribution in [0.15, 0.2) is 0 Å². The molecule has 0 bridgehead atoms. The Hall–Kier alpha value is -0.760. The summed E-state index contributed by atoms with van der Waals surface area (Å²) < 4.78 is 37.0. The van der Waals surface area contributed by atoms with Gasteiger partial charge in [-0.25, -0.2) is 6.57 Å². The van der Waals surface area contributed by atoms with Crippen LogP contribution < -0.4 is 0 Å². The van der Waals surface area contributed by atoms with Gasteiger partial charge in [0.15, 0.2) is 0 Å². The molecule has 0 aromatic rings. The van der Waals surface area contributed by atoms with E-state index in [1.807, 2.05) is 0 Å². The number of piperidine rings is 1. The van der Waals surface area contributed by atoms with Crippen LogP contribution in [0, 0.1) is 17.4 Å². The first-order valence-electron chi connectivity index (χ1n) is 6.22. The van der Waals surface area contributed by atoms with Gasteiger partial charge < -0.3 is 4.85 Å². The molecule has 0 aromatic carbocycles. The zero-order chi connectivity index (χ0) is 14.0. The smallest absolute Gasteiger partial charge is 0.316 e. The minimum Gasteiger partial charge on any atom is -0.316 e. The standard InChI is InChI=1S/C13H21F3N2/c1-11(2,3)12(9-17-4)5-7-18(8-6-12)10-13(14,15)16/h5-10H2,1-3H3. The van der Waals surface area contributed by atoms with E-state index in [9.17, 15) is 13.2 Å². The highest BCUT2D eigenvalue weighted by molar-refractivity contribution is 4.98. The largest absolute Gasteiger partial charge is 0.401 e. The van der Waals surface area contributed by atoms with E-state index >= 15 is 0 Å². The number of likely N-dealkylation sites (tertiary alicyclic amines) is 1. The van der Waals surface area contributed by atoms with Crippen LogP contribution in [0.5, 0.6) is 0 Å². The highest BCUT2D eigenvalue weighted by Gasteiger charge is 2.47. The zero-order valence-electron chi connectivity index (χ0n) is 11.3. The molecule has 18 heavy (non-hydrogen) atoms. The maximum absolute atomic E-state index is 12.3. The minimum atomic E-state index is -4.12. The summed E-state index contributed by atoms with van der Waals surface area (Å²) in [6, 6.07) is 0. The highest BCUT2D eigenvalue weighted by atomic mass is 19.4.